The SMILES string of the molecule is CC(O)CNCCNCc1ccc(-c2ccc(F)cc2)o1. The molecule has 1 heterocycles. The fourth-order valence-electron chi connectivity index (χ4n) is 1.94. The summed E-state index contributed by atoms with van der Waals surface area (Å²) >= 11 is 0. The number of benzene rings is 1. The lowest BCUT2D eigenvalue weighted by Crippen LogP contribution is -2.31. The van der Waals surface area contributed by atoms with Crippen molar-refractivity contribution in [1.29, 1.82) is 0 Å². The third-order valence-electron chi connectivity index (χ3n) is 3.01. The van der Waals surface area contributed by atoms with Gasteiger partial charge in [0.15, 0.2) is 0 Å². The zero-order valence-corrected chi connectivity index (χ0v) is 12.1. The summed E-state index contributed by atoms with van der Waals surface area (Å²) in [5, 5.41) is 15.5. The molecule has 1 unspecified atom stereocenters. The van der Waals surface area contributed by atoms with Gasteiger partial charge in [-0.05, 0) is 43.3 Å². The van der Waals surface area contributed by atoms with Crippen LogP contribution in [0, 0.1) is 5.82 Å². The monoisotopic (exact) mass is 292 g/mol. The van der Waals surface area contributed by atoms with Crippen LogP contribution in [0.5, 0.6) is 0 Å². The van der Waals surface area contributed by atoms with Gasteiger partial charge in [-0.15, -0.1) is 0 Å². The van der Waals surface area contributed by atoms with Gasteiger partial charge in [0.2, 0.25) is 0 Å². The van der Waals surface area contributed by atoms with Crippen molar-refractivity contribution in [1.82, 2.24) is 10.6 Å². The van der Waals surface area contributed by atoms with Crippen LogP contribution >= 0.6 is 0 Å². The highest BCUT2D eigenvalue weighted by Gasteiger charge is 2.04. The van der Waals surface area contributed by atoms with E-state index < -0.39 is 0 Å². The summed E-state index contributed by atoms with van der Waals surface area (Å²) in [4.78, 5) is 0. The Hall–Kier alpha value is -1.69. The van der Waals surface area contributed by atoms with Crippen molar-refractivity contribution in [2.45, 2.75) is 19.6 Å². The fraction of sp³-hybridized carbons (Fsp3) is 0.375. The lowest BCUT2D eigenvalue weighted by atomic mass is 10.2. The molecule has 0 bridgehead atoms. The average Bonchev–Trinajstić information content (AvgIpc) is 2.92. The first-order valence-corrected chi connectivity index (χ1v) is 7.09. The van der Waals surface area contributed by atoms with Crippen molar-refractivity contribution < 1.29 is 13.9 Å². The van der Waals surface area contributed by atoms with Crippen LogP contribution in [0.15, 0.2) is 40.8 Å². The molecule has 21 heavy (non-hydrogen) atoms. The van der Waals surface area contributed by atoms with Crippen molar-refractivity contribution >= 4 is 0 Å². The Morgan fingerprint density at radius 2 is 1.81 bits per heavy atom. The lowest BCUT2D eigenvalue weighted by molar-refractivity contribution is 0.191. The molecule has 1 aromatic carbocycles. The highest BCUT2D eigenvalue weighted by Crippen LogP contribution is 2.22. The van der Waals surface area contributed by atoms with E-state index >= 15 is 0 Å². The second kappa shape index (κ2) is 7.93. The van der Waals surface area contributed by atoms with Crippen molar-refractivity contribution in [2.24, 2.45) is 0 Å². The molecule has 114 valence electrons. The topological polar surface area (TPSA) is 57.4 Å². The van der Waals surface area contributed by atoms with Gasteiger partial charge in [0.1, 0.15) is 17.3 Å². The maximum atomic E-state index is 12.9. The van der Waals surface area contributed by atoms with Crippen molar-refractivity contribution in [3.8, 4) is 11.3 Å². The van der Waals surface area contributed by atoms with Gasteiger partial charge < -0.3 is 20.2 Å². The van der Waals surface area contributed by atoms with E-state index in [0.717, 1.165) is 30.2 Å². The predicted octanol–water partition coefficient (Wildman–Crippen LogP) is 2.15. The molecule has 0 spiro atoms. The van der Waals surface area contributed by atoms with Crippen LogP contribution in [0.2, 0.25) is 0 Å². The molecule has 0 aliphatic carbocycles. The van der Waals surface area contributed by atoms with Crippen LogP contribution in [0.3, 0.4) is 0 Å². The van der Waals surface area contributed by atoms with Crippen molar-refractivity contribution in [3.05, 3.63) is 48.0 Å². The first kappa shape index (κ1) is 15.7. The van der Waals surface area contributed by atoms with Gasteiger partial charge in [-0.1, -0.05) is 0 Å². The van der Waals surface area contributed by atoms with E-state index in [9.17, 15) is 4.39 Å². The highest BCUT2D eigenvalue weighted by molar-refractivity contribution is 5.57. The maximum absolute atomic E-state index is 12.9. The smallest absolute Gasteiger partial charge is 0.134 e. The Morgan fingerprint density at radius 3 is 2.52 bits per heavy atom. The van der Waals surface area contributed by atoms with Crippen LogP contribution in [-0.4, -0.2) is 30.8 Å². The van der Waals surface area contributed by atoms with Gasteiger partial charge in [-0.3, -0.25) is 0 Å². The number of hydrogen-bond donors (Lipinski definition) is 3. The molecule has 0 saturated carbocycles. The standard InChI is InChI=1S/C16H21FN2O2/c1-12(20)10-18-8-9-19-11-15-6-7-16(21-15)13-2-4-14(17)5-3-13/h2-7,12,18-20H,8-11H2,1H3. The van der Waals surface area contributed by atoms with Gasteiger partial charge in [0.05, 0.1) is 12.6 Å². The molecule has 2 aromatic rings. The van der Waals surface area contributed by atoms with Crippen LogP contribution in [0.1, 0.15) is 12.7 Å². The van der Waals surface area contributed by atoms with Gasteiger partial charge in [0.25, 0.3) is 0 Å². The summed E-state index contributed by atoms with van der Waals surface area (Å²) in [6.45, 7) is 4.56. The molecule has 0 fully saturated rings. The Morgan fingerprint density at radius 1 is 1.10 bits per heavy atom. The van der Waals surface area contributed by atoms with Crippen LogP contribution in [0.25, 0.3) is 11.3 Å². The normalized spacial score (nSPS) is 12.5. The molecule has 1 atom stereocenters. The van der Waals surface area contributed by atoms with E-state index in [-0.39, 0.29) is 11.9 Å². The van der Waals surface area contributed by atoms with Crippen LogP contribution in [-0.2, 0) is 6.54 Å². The molecule has 0 amide bonds. The summed E-state index contributed by atoms with van der Waals surface area (Å²) in [6.07, 6.45) is -0.326. The average molecular weight is 292 g/mol. The molecule has 5 heteroatoms. The summed E-state index contributed by atoms with van der Waals surface area (Å²) in [7, 11) is 0. The number of hydrogen-bond acceptors (Lipinski definition) is 4. The van der Waals surface area contributed by atoms with Gasteiger partial charge in [-0.25, -0.2) is 4.39 Å². The number of nitrogens with one attached hydrogen (secondary N) is 2. The first-order chi connectivity index (χ1) is 10.1. The van der Waals surface area contributed by atoms with Crippen molar-refractivity contribution in [2.75, 3.05) is 19.6 Å². The van der Waals surface area contributed by atoms with Gasteiger partial charge in [0, 0.05) is 25.2 Å². The summed E-state index contributed by atoms with van der Waals surface area (Å²) in [6, 6.07) is 10.0. The summed E-state index contributed by atoms with van der Waals surface area (Å²) in [5.41, 5.74) is 0.862. The molecule has 0 radical (unpaired) electrons. The zero-order valence-electron chi connectivity index (χ0n) is 12.1. The minimum Gasteiger partial charge on any atom is -0.460 e. The fourth-order valence-corrected chi connectivity index (χ4v) is 1.94. The second-order valence-electron chi connectivity index (χ2n) is 5.00. The van der Waals surface area contributed by atoms with E-state index in [2.05, 4.69) is 10.6 Å². The molecule has 0 saturated heterocycles. The summed E-state index contributed by atoms with van der Waals surface area (Å²) < 4.78 is 18.6. The zero-order chi connectivity index (χ0) is 15.1. The molecule has 2 rings (SSSR count). The van der Waals surface area contributed by atoms with Crippen LogP contribution < -0.4 is 10.6 Å². The highest BCUT2D eigenvalue weighted by atomic mass is 19.1. The van der Waals surface area contributed by atoms with Crippen molar-refractivity contribution in [3.63, 3.8) is 0 Å². The Bertz CT molecular complexity index is 537. The molecular weight excluding hydrogens is 271 g/mol. The Balaban J connectivity index is 1.74. The van der Waals surface area contributed by atoms with Crippen LogP contribution in [0.4, 0.5) is 4.39 Å². The third-order valence-corrected chi connectivity index (χ3v) is 3.01. The van der Waals surface area contributed by atoms with Gasteiger partial charge >= 0.3 is 0 Å². The number of aliphatic hydroxyl groups excluding tert-OH is 1. The van der Waals surface area contributed by atoms with E-state index in [1.807, 2.05) is 12.1 Å². The largest absolute Gasteiger partial charge is 0.460 e. The quantitative estimate of drug-likeness (QED) is 0.653. The maximum Gasteiger partial charge on any atom is 0.134 e. The number of aliphatic hydroxyl groups is 1. The van der Waals surface area contributed by atoms with E-state index in [1.165, 1.54) is 12.1 Å². The Kier molecular flexibility index (Phi) is 5.92. The number of halogens is 1. The molecular formula is C16H21FN2O2. The van der Waals surface area contributed by atoms with E-state index in [0.29, 0.717) is 13.1 Å². The molecule has 0 aliphatic rings. The molecule has 3 N–H and O–H groups in total. The third kappa shape index (κ3) is 5.30. The summed E-state index contributed by atoms with van der Waals surface area (Å²) in [5.74, 6) is 1.32. The second-order valence-corrected chi connectivity index (χ2v) is 5.00. The molecule has 1 aromatic heterocycles. The predicted molar refractivity (Wildman–Crippen MR) is 80.4 cm³/mol. The van der Waals surface area contributed by atoms with E-state index in [1.54, 1.807) is 19.1 Å². The lowest BCUT2D eigenvalue weighted by Gasteiger charge is -2.07. The minimum absolute atomic E-state index is 0.253. The van der Waals surface area contributed by atoms with Gasteiger partial charge in [-0.2, -0.15) is 0 Å². The molecule has 0 aliphatic heterocycles. The van der Waals surface area contributed by atoms with E-state index in [4.69, 9.17) is 9.52 Å². The minimum atomic E-state index is -0.326. The first-order valence-electron chi connectivity index (χ1n) is 7.09. The molecule has 4 nitrogen and oxygen atoms in total. The Labute approximate surface area is 124 Å². The number of furan rings is 1. The number of rotatable bonds is 8.